The van der Waals surface area contributed by atoms with E-state index >= 15 is 0 Å². The van der Waals surface area contributed by atoms with Crippen LogP contribution in [0.5, 0.6) is 5.75 Å². The van der Waals surface area contributed by atoms with Gasteiger partial charge in [0.15, 0.2) is 0 Å². The van der Waals surface area contributed by atoms with Crippen molar-refractivity contribution in [1.29, 1.82) is 0 Å². The number of rotatable bonds is 7. The summed E-state index contributed by atoms with van der Waals surface area (Å²) in [5.41, 5.74) is 7.90. The van der Waals surface area contributed by atoms with E-state index in [0.29, 0.717) is 13.2 Å². The first-order valence-corrected chi connectivity index (χ1v) is 7.86. The molecule has 0 aliphatic carbocycles. The fourth-order valence-electron chi connectivity index (χ4n) is 2.13. The van der Waals surface area contributed by atoms with E-state index in [4.69, 9.17) is 10.5 Å². The molecule has 1 amide bonds. The van der Waals surface area contributed by atoms with Crippen LogP contribution >= 0.6 is 12.4 Å². The van der Waals surface area contributed by atoms with Gasteiger partial charge in [0.25, 0.3) is 0 Å². The predicted molar refractivity (Wildman–Crippen MR) is 99.1 cm³/mol. The highest BCUT2D eigenvalue weighted by Crippen LogP contribution is 2.19. The largest absolute Gasteiger partial charge is 0.489 e. The molecular formula is C19H25ClN2O2. The number of hydrogen-bond acceptors (Lipinski definition) is 3. The Morgan fingerprint density at radius 3 is 2.38 bits per heavy atom. The van der Waals surface area contributed by atoms with E-state index in [2.05, 4.69) is 5.32 Å². The molecule has 2 aromatic carbocycles. The van der Waals surface area contributed by atoms with Crippen molar-refractivity contribution in [1.82, 2.24) is 5.32 Å². The maximum absolute atomic E-state index is 12.0. The maximum Gasteiger partial charge on any atom is 0.237 e. The molecule has 24 heavy (non-hydrogen) atoms. The molecular weight excluding hydrogens is 324 g/mol. The zero-order valence-corrected chi connectivity index (χ0v) is 14.9. The summed E-state index contributed by atoms with van der Waals surface area (Å²) in [7, 11) is 0. The number of ether oxygens (including phenoxy) is 1. The number of hydrogen-bond donors (Lipinski definition) is 2. The van der Waals surface area contributed by atoms with Crippen molar-refractivity contribution in [2.24, 2.45) is 11.7 Å². The van der Waals surface area contributed by atoms with E-state index in [1.807, 2.05) is 68.4 Å². The molecule has 0 aromatic heterocycles. The number of para-hydroxylation sites is 1. The molecule has 0 bridgehead atoms. The third kappa shape index (κ3) is 5.87. The predicted octanol–water partition coefficient (Wildman–Crippen LogP) is 3.29. The third-order valence-electron chi connectivity index (χ3n) is 3.68. The normalized spacial score (nSPS) is 11.5. The van der Waals surface area contributed by atoms with Crippen LogP contribution in [-0.4, -0.2) is 11.9 Å². The summed E-state index contributed by atoms with van der Waals surface area (Å²) >= 11 is 0. The molecule has 2 aromatic rings. The van der Waals surface area contributed by atoms with Crippen molar-refractivity contribution in [3.63, 3.8) is 0 Å². The second-order valence-electron chi connectivity index (χ2n) is 5.87. The van der Waals surface area contributed by atoms with Gasteiger partial charge in [0.2, 0.25) is 5.91 Å². The molecule has 0 fully saturated rings. The molecule has 0 saturated heterocycles. The van der Waals surface area contributed by atoms with E-state index < -0.39 is 6.04 Å². The minimum absolute atomic E-state index is 0. The van der Waals surface area contributed by atoms with Crippen LogP contribution in [0.4, 0.5) is 0 Å². The second-order valence-corrected chi connectivity index (χ2v) is 5.87. The summed E-state index contributed by atoms with van der Waals surface area (Å²) < 4.78 is 5.88. The lowest BCUT2D eigenvalue weighted by molar-refractivity contribution is -0.123. The molecule has 0 spiro atoms. The van der Waals surface area contributed by atoms with Gasteiger partial charge < -0.3 is 15.8 Å². The summed E-state index contributed by atoms with van der Waals surface area (Å²) in [6, 6.07) is 17.2. The Morgan fingerprint density at radius 2 is 1.71 bits per heavy atom. The van der Waals surface area contributed by atoms with Crippen molar-refractivity contribution in [3.05, 3.63) is 65.7 Å². The maximum atomic E-state index is 12.0. The number of nitrogens with two attached hydrogens (primary N) is 1. The average Bonchev–Trinajstić information content (AvgIpc) is 2.58. The molecule has 5 heteroatoms. The van der Waals surface area contributed by atoms with E-state index in [9.17, 15) is 4.79 Å². The molecule has 0 radical (unpaired) electrons. The zero-order chi connectivity index (χ0) is 16.7. The first-order chi connectivity index (χ1) is 11.1. The highest BCUT2D eigenvalue weighted by atomic mass is 35.5. The van der Waals surface area contributed by atoms with Crippen LogP contribution in [0.1, 0.15) is 25.0 Å². The van der Waals surface area contributed by atoms with Crippen molar-refractivity contribution >= 4 is 18.3 Å². The summed E-state index contributed by atoms with van der Waals surface area (Å²) in [5.74, 6) is 0.743. The molecule has 3 N–H and O–H groups in total. The topological polar surface area (TPSA) is 64.4 Å². The number of carbonyl (C=O) groups is 1. The first-order valence-electron chi connectivity index (χ1n) is 7.86. The summed E-state index contributed by atoms with van der Waals surface area (Å²) in [6.07, 6.45) is 0. The number of benzene rings is 2. The van der Waals surface area contributed by atoms with Crippen molar-refractivity contribution < 1.29 is 9.53 Å². The monoisotopic (exact) mass is 348 g/mol. The van der Waals surface area contributed by atoms with Gasteiger partial charge in [0, 0.05) is 12.1 Å². The van der Waals surface area contributed by atoms with Crippen LogP contribution in [0.2, 0.25) is 0 Å². The fourth-order valence-corrected chi connectivity index (χ4v) is 2.13. The number of halogens is 1. The van der Waals surface area contributed by atoms with Crippen LogP contribution in [0.3, 0.4) is 0 Å². The molecule has 130 valence electrons. The van der Waals surface area contributed by atoms with Gasteiger partial charge >= 0.3 is 0 Å². The molecule has 0 aliphatic heterocycles. The minimum Gasteiger partial charge on any atom is -0.489 e. The second kappa shape index (κ2) is 9.96. The average molecular weight is 349 g/mol. The summed E-state index contributed by atoms with van der Waals surface area (Å²) in [4.78, 5) is 12.0. The zero-order valence-electron chi connectivity index (χ0n) is 14.1. The van der Waals surface area contributed by atoms with Crippen LogP contribution in [0.25, 0.3) is 0 Å². The number of carbonyl (C=O) groups excluding carboxylic acids is 1. The van der Waals surface area contributed by atoms with E-state index in [1.165, 1.54) is 0 Å². The van der Waals surface area contributed by atoms with Crippen LogP contribution in [0, 0.1) is 5.92 Å². The smallest absolute Gasteiger partial charge is 0.237 e. The van der Waals surface area contributed by atoms with Gasteiger partial charge in [-0.05, 0) is 17.5 Å². The van der Waals surface area contributed by atoms with E-state index in [-0.39, 0.29) is 24.2 Å². The third-order valence-corrected chi connectivity index (χ3v) is 3.68. The highest BCUT2D eigenvalue weighted by Gasteiger charge is 2.17. The first kappa shape index (κ1) is 20.0. The lowest BCUT2D eigenvalue weighted by Gasteiger charge is -2.16. The Balaban J connectivity index is 0.00000288. The fraction of sp³-hybridized carbons (Fsp3) is 0.316. The van der Waals surface area contributed by atoms with Crippen LogP contribution < -0.4 is 15.8 Å². The highest BCUT2D eigenvalue weighted by molar-refractivity contribution is 5.85. The van der Waals surface area contributed by atoms with E-state index in [1.54, 1.807) is 0 Å². The Bertz CT molecular complexity index is 632. The van der Waals surface area contributed by atoms with Gasteiger partial charge in [-0.2, -0.15) is 0 Å². The van der Waals surface area contributed by atoms with E-state index in [0.717, 1.165) is 16.9 Å². The van der Waals surface area contributed by atoms with Gasteiger partial charge in [0.1, 0.15) is 12.4 Å². The summed E-state index contributed by atoms with van der Waals surface area (Å²) in [6.45, 7) is 4.77. The Labute approximate surface area is 149 Å². The minimum atomic E-state index is -0.493. The number of nitrogens with one attached hydrogen (secondary N) is 1. The lowest BCUT2D eigenvalue weighted by Crippen LogP contribution is -2.43. The van der Waals surface area contributed by atoms with Crippen LogP contribution in [-0.2, 0) is 17.9 Å². The quantitative estimate of drug-likeness (QED) is 0.807. The molecule has 0 saturated carbocycles. The number of amides is 1. The van der Waals surface area contributed by atoms with Gasteiger partial charge in [-0.1, -0.05) is 62.4 Å². The summed E-state index contributed by atoms with van der Waals surface area (Å²) in [5, 5.41) is 2.87. The molecule has 0 aliphatic rings. The Morgan fingerprint density at radius 1 is 1.08 bits per heavy atom. The van der Waals surface area contributed by atoms with Gasteiger partial charge in [-0.15, -0.1) is 12.4 Å². The van der Waals surface area contributed by atoms with Gasteiger partial charge in [-0.3, -0.25) is 4.79 Å². The van der Waals surface area contributed by atoms with Gasteiger partial charge in [-0.25, -0.2) is 0 Å². The van der Waals surface area contributed by atoms with Crippen molar-refractivity contribution in [3.8, 4) is 5.75 Å². The molecule has 1 atom stereocenters. The lowest BCUT2D eigenvalue weighted by atomic mass is 10.0. The molecule has 0 heterocycles. The van der Waals surface area contributed by atoms with Crippen molar-refractivity contribution in [2.45, 2.75) is 33.0 Å². The van der Waals surface area contributed by atoms with Gasteiger partial charge in [0.05, 0.1) is 6.04 Å². The Hall–Kier alpha value is -2.04. The molecule has 4 nitrogen and oxygen atoms in total. The SMILES string of the molecule is CC(C)[C@@H](N)C(=O)NCc1ccccc1OCc1ccccc1.Cl. The van der Waals surface area contributed by atoms with Crippen LogP contribution in [0.15, 0.2) is 54.6 Å². The standard InChI is InChI=1S/C19H24N2O2.ClH/c1-14(2)18(20)19(22)21-12-16-10-6-7-11-17(16)23-13-15-8-4-3-5-9-15;/h3-11,14,18H,12-13,20H2,1-2H3,(H,21,22);1H/t18-;/m1./s1. The van der Waals surface area contributed by atoms with Crippen molar-refractivity contribution in [2.75, 3.05) is 0 Å². The Kier molecular flexibility index (Phi) is 8.30. The molecule has 2 rings (SSSR count). The molecule has 0 unspecified atom stereocenters.